The van der Waals surface area contributed by atoms with Crippen molar-refractivity contribution >= 4 is 5.91 Å². The number of rotatable bonds is 4. The van der Waals surface area contributed by atoms with E-state index >= 15 is 0 Å². The summed E-state index contributed by atoms with van der Waals surface area (Å²) in [7, 11) is 0. The lowest BCUT2D eigenvalue weighted by molar-refractivity contribution is -0.133. The lowest BCUT2D eigenvalue weighted by Gasteiger charge is -2.35. The van der Waals surface area contributed by atoms with Crippen LogP contribution in [0.4, 0.5) is 0 Å². The molecule has 1 atom stereocenters. The minimum absolute atomic E-state index is 0.0881. The summed E-state index contributed by atoms with van der Waals surface area (Å²) in [5, 5.41) is 0. The molecule has 0 aromatic rings. The summed E-state index contributed by atoms with van der Waals surface area (Å²) >= 11 is 0. The second-order valence-electron chi connectivity index (χ2n) is 4.31. The minimum atomic E-state index is -0.354. The Labute approximate surface area is 92.4 Å². The van der Waals surface area contributed by atoms with E-state index in [2.05, 4.69) is 11.8 Å². The fourth-order valence-corrected chi connectivity index (χ4v) is 1.86. The molecule has 1 amide bonds. The van der Waals surface area contributed by atoms with E-state index in [9.17, 15) is 4.79 Å². The summed E-state index contributed by atoms with van der Waals surface area (Å²) in [6.07, 6.45) is 2.49. The molecule has 2 N–H and O–H groups in total. The van der Waals surface area contributed by atoms with Crippen molar-refractivity contribution in [1.29, 1.82) is 0 Å². The number of unbranched alkanes of at least 4 members (excludes halogenated alkanes) is 1. The standard InChI is InChI=1S/C11H23N3O/c1-3-4-5-13-6-8-14(9-7-13)11(15)10(2)12/h10H,3-9,12H2,1-2H3/t10-/m1/s1. The topological polar surface area (TPSA) is 49.6 Å². The summed E-state index contributed by atoms with van der Waals surface area (Å²) in [6.45, 7) is 8.80. The molecular formula is C11H23N3O. The van der Waals surface area contributed by atoms with Crippen LogP contribution in [-0.2, 0) is 4.79 Å². The fraction of sp³-hybridized carbons (Fsp3) is 0.909. The van der Waals surface area contributed by atoms with E-state index in [1.165, 1.54) is 12.8 Å². The minimum Gasteiger partial charge on any atom is -0.339 e. The smallest absolute Gasteiger partial charge is 0.239 e. The number of hydrogen-bond acceptors (Lipinski definition) is 3. The lowest BCUT2D eigenvalue weighted by Crippen LogP contribution is -2.52. The molecule has 1 rings (SSSR count). The van der Waals surface area contributed by atoms with Gasteiger partial charge in [0.15, 0.2) is 0 Å². The maximum Gasteiger partial charge on any atom is 0.239 e. The number of carbonyl (C=O) groups excluding carboxylic acids is 1. The summed E-state index contributed by atoms with van der Waals surface area (Å²) < 4.78 is 0. The van der Waals surface area contributed by atoms with Gasteiger partial charge < -0.3 is 10.6 Å². The third-order valence-corrected chi connectivity index (χ3v) is 2.90. The van der Waals surface area contributed by atoms with Crippen LogP contribution in [0, 0.1) is 0 Å². The Morgan fingerprint density at radius 2 is 1.93 bits per heavy atom. The van der Waals surface area contributed by atoms with Crippen LogP contribution in [0.25, 0.3) is 0 Å². The highest BCUT2D eigenvalue weighted by Crippen LogP contribution is 2.04. The van der Waals surface area contributed by atoms with E-state index < -0.39 is 0 Å². The molecule has 0 saturated carbocycles. The SMILES string of the molecule is CCCCN1CCN(C(=O)[C@@H](C)N)CC1. The molecule has 0 bridgehead atoms. The quantitative estimate of drug-likeness (QED) is 0.729. The molecule has 88 valence electrons. The third-order valence-electron chi connectivity index (χ3n) is 2.90. The van der Waals surface area contributed by atoms with Crippen molar-refractivity contribution in [1.82, 2.24) is 9.80 Å². The highest BCUT2D eigenvalue weighted by atomic mass is 16.2. The van der Waals surface area contributed by atoms with E-state index in [1.54, 1.807) is 6.92 Å². The Morgan fingerprint density at radius 3 is 2.40 bits per heavy atom. The largest absolute Gasteiger partial charge is 0.339 e. The zero-order valence-corrected chi connectivity index (χ0v) is 9.91. The monoisotopic (exact) mass is 213 g/mol. The number of carbonyl (C=O) groups is 1. The highest BCUT2D eigenvalue weighted by Gasteiger charge is 2.22. The molecule has 4 nitrogen and oxygen atoms in total. The van der Waals surface area contributed by atoms with Gasteiger partial charge in [0.05, 0.1) is 6.04 Å². The van der Waals surface area contributed by atoms with Gasteiger partial charge in [-0.25, -0.2) is 0 Å². The summed E-state index contributed by atoms with van der Waals surface area (Å²) in [5.74, 6) is 0.0881. The van der Waals surface area contributed by atoms with Gasteiger partial charge in [-0.05, 0) is 19.9 Å². The highest BCUT2D eigenvalue weighted by molar-refractivity contribution is 5.81. The zero-order chi connectivity index (χ0) is 11.3. The van der Waals surface area contributed by atoms with E-state index in [4.69, 9.17) is 5.73 Å². The van der Waals surface area contributed by atoms with Crippen LogP contribution in [-0.4, -0.2) is 54.5 Å². The number of hydrogen-bond donors (Lipinski definition) is 1. The molecule has 4 heteroatoms. The number of amides is 1. The van der Waals surface area contributed by atoms with Crippen molar-refractivity contribution < 1.29 is 4.79 Å². The van der Waals surface area contributed by atoms with Crippen LogP contribution in [0.1, 0.15) is 26.7 Å². The van der Waals surface area contributed by atoms with Gasteiger partial charge in [0.2, 0.25) is 5.91 Å². The van der Waals surface area contributed by atoms with Crippen molar-refractivity contribution in [3.8, 4) is 0 Å². The van der Waals surface area contributed by atoms with Crippen molar-refractivity contribution in [2.75, 3.05) is 32.7 Å². The van der Waals surface area contributed by atoms with Crippen molar-refractivity contribution in [3.63, 3.8) is 0 Å². The molecule has 0 aromatic heterocycles. The molecule has 1 heterocycles. The van der Waals surface area contributed by atoms with E-state index in [0.29, 0.717) is 0 Å². The molecule has 1 aliphatic rings. The van der Waals surface area contributed by atoms with Crippen molar-refractivity contribution in [2.24, 2.45) is 5.73 Å². The Bertz CT molecular complexity index is 198. The Kier molecular flexibility index (Phi) is 5.05. The first-order chi connectivity index (χ1) is 7.15. The predicted molar refractivity (Wildman–Crippen MR) is 61.6 cm³/mol. The summed E-state index contributed by atoms with van der Waals surface area (Å²) in [4.78, 5) is 15.9. The third kappa shape index (κ3) is 3.80. The maximum atomic E-state index is 11.6. The van der Waals surface area contributed by atoms with Gasteiger partial charge in [-0.15, -0.1) is 0 Å². The van der Waals surface area contributed by atoms with E-state index in [-0.39, 0.29) is 11.9 Å². The van der Waals surface area contributed by atoms with Gasteiger partial charge in [0.25, 0.3) is 0 Å². The Morgan fingerprint density at radius 1 is 1.33 bits per heavy atom. The van der Waals surface area contributed by atoms with Gasteiger partial charge in [0, 0.05) is 26.2 Å². The van der Waals surface area contributed by atoms with Crippen molar-refractivity contribution in [3.05, 3.63) is 0 Å². The number of piperazine rings is 1. The van der Waals surface area contributed by atoms with Gasteiger partial charge in [-0.2, -0.15) is 0 Å². The summed E-state index contributed by atoms with van der Waals surface area (Å²) in [5.41, 5.74) is 5.58. The fourth-order valence-electron chi connectivity index (χ4n) is 1.86. The zero-order valence-electron chi connectivity index (χ0n) is 9.91. The molecule has 1 saturated heterocycles. The number of nitrogens with zero attached hydrogens (tertiary/aromatic N) is 2. The first-order valence-electron chi connectivity index (χ1n) is 5.92. The van der Waals surface area contributed by atoms with E-state index in [0.717, 1.165) is 32.7 Å². The van der Waals surface area contributed by atoms with Crippen LogP contribution in [0.2, 0.25) is 0 Å². The first-order valence-corrected chi connectivity index (χ1v) is 5.92. The molecule has 0 radical (unpaired) electrons. The number of nitrogens with two attached hydrogens (primary N) is 1. The molecule has 0 spiro atoms. The van der Waals surface area contributed by atoms with Crippen LogP contribution >= 0.6 is 0 Å². The van der Waals surface area contributed by atoms with Gasteiger partial charge >= 0.3 is 0 Å². The molecule has 1 fully saturated rings. The predicted octanol–water partition coefficient (Wildman–Crippen LogP) is 0.278. The maximum absolute atomic E-state index is 11.6. The summed E-state index contributed by atoms with van der Waals surface area (Å²) in [6, 6.07) is -0.354. The van der Waals surface area contributed by atoms with Gasteiger partial charge in [-0.3, -0.25) is 9.69 Å². The first kappa shape index (κ1) is 12.5. The Hall–Kier alpha value is -0.610. The lowest BCUT2D eigenvalue weighted by atomic mass is 10.2. The normalized spacial score (nSPS) is 20.3. The van der Waals surface area contributed by atoms with Crippen LogP contribution in [0.15, 0.2) is 0 Å². The van der Waals surface area contributed by atoms with E-state index in [1.807, 2.05) is 4.90 Å². The van der Waals surface area contributed by atoms with Gasteiger partial charge in [-0.1, -0.05) is 13.3 Å². The van der Waals surface area contributed by atoms with Gasteiger partial charge in [0.1, 0.15) is 0 Å². The molecule has 0 aromatic carbocycles. The van der Waals surface area contributed by atoms with Crippen molar-refractivity contribution in [2.45, 2.75) is 32.7 Å². The molecule has 1 aliphatic heterocycles. The molecule has 0 aliphatic carbocycles. The Balaban J connectivity index is 2.26. The average Bonchev–Trinajstić information content (AvgIpc) is 2.26. The molecule has 0 unspecified atom stereocenters. The molecular weight excluding hydrogens is 190 g/mol. The second-order valence-corrected chi connectivity index (χ2v) is 4.31. The average molecular weight is 213 g/mol. The second kappa shape index (κ2) is 6.08. The van der Waals surface area contributed by atoms with Crippen LogP contribution in [0.5, 0.6) is 0 Å². The van der Waals surface area contributed by atoms with Crippen LogP contribution < -0.4 is 5.73 Å². The van der Waals surface area contributed by atoms with Crippen LogP contribution in [0.3, 0.4) is 0 Å². The molecule has 15 heavy (non-hydrogen) atoms.